The van der Waals surface area contributed by atoms with E-state index in [9.17, 15) is 9.59 Å². The van der Waals surface area contributed by atoms with Crippen molar-refractivity contribution in [1.29, 1.82) is 0 Å². The van der Waals surface area contributed by atoms with Crippen molar-refractivity contribution >= 4 is 11.9 Å². The molecule has 3 N–H and O–H groups in total. The molecule has 1 aromatic carbocycles. The topological polar surface area (TPSA) is 81.4 Å². The molecule has 0 unspecified atom stereocenters. The molecular formula is C15H18N2O3. The van der Waals surface area contributed by atoms with Gasteiger partial charge >= 0.3 is 5.97 Å². The molecule has 2 fully saturated rings. The van der Waals surface area contributed by atoms with E-state index in [4.69, 9.17) is 10.5 Å². The molecule has 0 aromatic heterocycles. The second-order valence-corrected chi connectivity index (χ2v) is 5.64. The van der Waals surface area contributed by atoms with Crippen LogP contribution in [0.5, 0.6) is 0 Å². The van der Waals surface area contributed by atoms with Crippen molar-refractivity contribution in [3.05, 3.63) is 35.9 Å². The van der Waals surface area contributed by atoms with E-state index in [0.717, 1.165) is 12.0 Å². The summed E-state index contributed by atoms with van der Waals surface area (Å²) >= 11 is 0. The fourth-order valence-electron chi connectivity index (χ4n) is 3.13. The molecule has 3 rings (SSSR count). The van der Waals surface area contributed by atoms with Gasteiger partial charge in [-0.15, -0.1) is 0 Å². The average Bonchev–Trinajstić information content (AvgIpc) is 2.67. The number of nitrogens with one attached hydrogen (secondary N) is 1. The molecule has 1 aliphatic heterocycles. The predicted octanol–water partition coefficient (Wildman–Crippen LogP) is 0.726. The molecule has 1 aromatic rings. The van der Waals surface area contributed by atoms with Gasteiger partial charge in [-0.05, 0) is 24.8 Å². The summed E-state index contributed by atoms with van der Waals surface area (Å²) < 4.78 is 5.33. The molecular weight excluding hydrogens is 256 g/mol. The Morgan fingerprint density at radius 1 is 1.35 bits per heavy atom. The molecule has 1 heterocycles. The maximum atomic E-state index is 12.2. The minimum absolute atomic E-state index is 0.116. The van der Waals surface area contributed by atoms with Crippen LogP contribution in [-0.2, 0) is 20.9 Å². The highest BCUT2D eigenvalue weighted by molar-refractivity contribution is 5.94. The number of nitrogens with two attached hydrogens (primary N) is 1. The Labute approximate surface area is 117 Å². The van der Waals surface area contributed by atoms with Gasteiger partial charge in [-0.1, -0.05) is 30.3 Å². The molecule has 2 aliphatic rings. The fraction of sp³-hybridized carbons (Fsp3) is 0.467. The molecule has 5 heteroatoms. The van der Waals surface area contributed by atoms with Crippen molar-refractivity contribution in [1.82, 2.24) is 5.32 Å². The number of carbonyl (C=O) groups is 2. The number of rotatable bonds is 3. The van der Waals surface area contributed by atoms with Crippen LogP contribution < -0.4 is 11.1 Å². The Hall–Kier alpha value is -1.88. The summed E-state index contributed by atoms with van der Waals surface area (Å²) in [5, 5.41) is 2.84. The van der Waals surface area contributed by atoms with E-state index in [2.05, 4.69) is 5.32 Å². The van der Waals surface area contributed by atoms with Crippen molar-refractivity contribution < 1.29 is 14.3 Å². The molecule has 106 valence electrons. The van der Waals surface area contributed by atoms with E-state index in [1.54, 1.807) is 0 Å². The molecule has 1 amide bonds. The second kappa shape index (κ2) is 4.90. The van der Waals surface area contributed by atoms with Crippen LogP contribution in [0.2, 0.25) is 0 Å². The van der Waals surface area contributed by atoms with Gasteiger partial charge in [-0.3, -0.25) is 9.59 Å². The number of carbonyl (C=O) groups excluding carboxylic acids is 2. The molecule has 0 spiro atoms. The molecule has 5 nitrogen and oxygen atoms in total. The third-order valence-electron chi connectivity index (χ3n) is 4.28. The summed E-state index contributed by atoms with van der Waals surface area (Å²) in [4.78, 5) is 24.2. The van der Waals surface area contributed by atoms with Crippen LogP contribution in [0.4, 0.5) is 0 Å². The predicted molar refractivity (Wildman–Crippen MR) is 72.4 cm³/mol. The smallest absolute Gasteiger partial charge is 0.311 e. The minimum Gasteiger partial charge on any atom is -0.461 e. The summed E-state index contributed by atoms with van der Waals surface area (Å²) in [6.07, 6.45) is 1.92. The number of amides is 1. The lowest BCUT2D eigenvalue weighted by Gasteiger charge is -2.32. The number of benzene rings is 1. The van der Waals surface area contributed by atoms with Crippen LogP contribution >= 0.6 is 0 Å². The highest BCUT2D eigenvalue weighted by atomic mass is 16.5. The Balaban J connectivity index is 1.66. The third-order valence-corrected chi connectivity index (χ3v) is 4.28. The van der Waals surface area contributed by atoms with Gasteiger partial charge in [0.1, 0.15) is 12.1 Å². The molecule has 2 bridgehead atoms. The molecule has 1 aliphatic carbocycles. The van der Waals surface area contributed by atoms with Crippen molar-refractivity contribution in [2.24, 2.45) is 11.7 Å². The first-order chi connectivity index (χ1) is 9.59. The Kier molecular flexibility index (Phi) is 3.22. The van der Waals surface area contributed by atoms with Crippen LogP contribution in [0.1, 0.15) is 24.8 Å². The number of hydrogen-bond acceptors (Lipinski definition) is 4. The molecule has 20 heavy (non-hydrogen) atoms. The summed E-state index contributed by atoms with van der Waals surface area (Å²) in [5.74, 6) is -1.13. The maximum absolute atomic E-state index is 12.2. The second-order valence-electron chi connectivity index (χ2n) is 5.64. The number of hydrogen-bond donors (Lipinski definition) is 2. The average molecular weight is 274 g/mol. The van der Waals surface area contributed by atoms with Gasteiger partial charge in [0.05, 0.1) is 5.92 Å². The third kappa shape index (κ3) is 2.18. The normalized spacial score (nSPS) is 31.8. The maximum Gasteiger partial charge on any atom is 0.311 e. The van der Waals surface area contributed by atoms with E-state index in [1.807, 2.05) is 30.3 Å². The lowest BCUT2D eigenvalue weighted by molar-refractivity contribution is -0.155. The van der Waals surface area contributed by atoms with Crippen LogP contribution in [0.25, 0.3) is 0 Å². The van der Waals surface area contributed by atoms with E-state index >= 15 is 0 Å². The molecule has 0 radical (unpaired) electrons. The van der Waals surface area contributed by atoms with Crippen molar-refractivity contribution in [3.63, 3.8) is 0 Å². The van der Waals surface area contributed by atoms with Crippen molar-refractivity contribution in [2.75, 3.05) is 0 Å². The van der Waals surface area contributed by atoms with Crippen molar-refractivity contribution in [2.45, 2.75) is 37.5 Å². The molecule has 1 saturated carbocycles. The fourth-order valence-corrected chi connectivity index (χ4v) is 3.13. The summed E-state index contributed by atoms with van der Waals surface area (Å²) in [5.41, 5.74) is 5.99. The minimum atomic E-state index is -1.09. The quantitative estimate of drug-likeness (QED) is 0.796. The summed E-state index contributed by atoms with van der Waals surface area (Å²) in [7, 11) is 0. The zero-order chi connectivity index (χ0) is 14.2. The van der Waals surface area contributed by atoms with Crippen molar-refractivity contribution in [3.8, 4) is 0 Å². The lowest BCUT2D eigenvalue weighted by Crippen LogP contribution is -2.56. The van der Waals surface area contributed by atoms with Gasteiger partial charge in [0, 0.05) is 6.04 Å². The van der Waals surface area contributed by atoms with Crippen LogP contribution in [-0.4, -0.2) is 23.5 Å². The standard InChI is InChI=1S/C15H18N2O3/c16-15-8-11(17-14(15)19)6-7-12(15)13(18)20-9-10-4-2-1-3-5-10/h1-5,11-12H,6-9,16H2,(H,17,19)/t11-,12-,15-/m1/s1. The summed E-state index contributed by atoms with van der Waals surface area (Å²) in [6, 6.07) is 9.59. The number of ether oxygens (including phenoxy) is 1. The van der Waals surface area contributed by atoms with Crippen LogP contribution in [0.15, 0.2) is 30.3 Å². The van der Waals surface area contributed by atoms with E-state index in [0.29, 0.717) is 12.8 Å². The highest BCUT2D eigenvalue weighted by Crippen LogP contribution is 2.37. The SMILES string of the molecule is N[C@]12C[C@@H](CC[C@@H]1C(=O)OCc1ccccc1)NC2=O. The van der Waals surface area contributed by atoms with Gasteiger partial charge in [-0.2, -0.15) is 0 Å². The lowest BCUT2D eigenvalue weighted by atomic mass is 9.74. The number of fused-ring (bicyclic) bond motifs is 2. The molecule has 3 atom stereocenters. The van der Waals surface area contributed by atoms with Gasteiger partial charge < -0.3 is 15.8 Å². The zero-order valence-corrected chi connectivity index (χ0v) is 11.2. The van der Waals surface area contributed by atoms with Gasteiger partial charge in [0.2, 0.25) is 5.91 Å². The first-order valence-electron chi connectivity index (χ1n) is 6.90. The van der Waals surface area contributed by atoms with E-state index < -0.39 is 11.5 Å². The largest absolute Gasteiger partial charge is 0.461 e. The first kappa shape index (κ1) is 13.1. The van der Waals surface area contributed by atoms with Gasteiger partial charge in [0.15, 0.2) is 0 Å². The molecule has 1 saturated heterocycles. The zero-order valence-electron chi connectivity index (χ0n) is 11.2. The Bertz CT molecular complexity index is 531. The van der Waals surface area contributed by atoms with Crippen LogP contribution in [0, 0.1) is 5.92 Å². The van der Waals surface area contributed by atoms with Gasteiger partial charge in [0.25, 0.3) is 0 Å². The Morgan fingerprint density at radius 2 is 2.10 bits per heavy atom. The highest BCUT2D eigenvalue weighted by Gasteiger charge is 2.55. The summed E-state index contributed by atoms with van der Waals surface area (Å²) in [6.45, 7) is 0.220. The van der Waals surface area contributed by atoms with E-state index in [1.165, 1.54) is 0 Å². The monoisotopic (exact) mass is 274 g/mol. The number of esters is 1. The Morgan fingerprint density at radius 3 is 2.85 bits per heavy atom. The van der Waals surface area contributed by atoms with Crippen LogP contribution in [0.3, 0.4) is 0 Å². The first-order valence-corrected chi connectivity index (χ1v) is 6.90. The van der Waals surface area contributed by atoms with Gasteiger partial charge in [-0.25, -0.2) is 0 Å². The van der Waals surface area contributed by atoms with E-state index in [-0.39, 0.29) is 24.5 Å².